The first-order chi connectivity index (χ1) is 22.8. The Morgan fingerprint density at radius 3 is 1.91 bits per heavy atom. The summed E-state index contributed by atoms with van der Waals surface area (Å²) in [5, 5.41) is 9.66. The molecular weight excluding hydrogens is 583 g/mol. The van der Waals surface area contributed by atoms with Gasteiger partial charge in [0.05, 0.1) is 0 Å². The quantitative estimate of drug-likeness (QED) is 0.188. The third-order valence-electron chi connectivity index (χ3n) is 8.90. The number of furan rings is 1. The average Bonchev–Trinajstić information content (AvgIpc) is 3.69. The van der Waals surface area contributed by atoms with E-state index in [0.29, 0.717) is 17.5 Å². The molecule has 214 valence electrons. The summed E-state index contributed by atoms with van der Waals surface area (Å²) in [6.07, 6.45) is 0. The molecule has 0 amide bonds. The lowest BCUT2D eigenvalue weighted by atomic mass is 9.98. The minimum absolute atomic E-state index is 0.627. The maximum absolute atomic E-state index is 6.09. The van der Waals surface area contributed by atoms with Gasteiger partial charge in [-0.05, 0) is 52.6 Å². The molecule has 0 aliphatic carbocycles. The fraction of sp³-hybridized carbons (Fsp3) is 0. The van der Waals surface area contributed by atoms with Crippen LogP contribution in [-0.4, -0.2) is 15.0 Å². The maximum Gasteiger partial charge on any atom is 0.164 e. The van der Waals surface area contributed by atoms with Gasteiger partial charge < -0.3 is 4.42 Å². The number of hydrogen-bond acceptors (Lipinski definition) is 5. The van der Waals surface area contributed by atoms with Gasteiger partial charge in [-0.25, -0.2) is 15.0 Å². The monoisotopic (exact) mass is 605 g/mol. The largest absolute Gasteiger partial charge is 0.456 e. The molecule has 0 saturated carbocycles. The van der Waals surface area contributed by atoms with E-state index in [2.05, 4.69) is 78.9 Å². The van der Waals surface area contributed by atoms with Gasteiger partial charge in [-0.1, -0.05) is 103 Å². The van der Waals surface area contributed by atoms with Gasteiger partial charge in [-0.15, -0.1) is 11.3 Å². The van der Waals surface area contributed by atoms with Crippen LogP contribution in [0.3, 0.4) is 0 Å². The van der Waals surface area contributed by atoms with E-state index in [1.807, 2.05) is 72.0 Å². The first-order valence-corrected chi connectivity index (χ1v) is 16.1. The number of fused-ring (bicyclic) bond motifs is 10. The number of para-hydroxylation sites is 1. The molecule has 0 N–H and O–H groups in total. The van der Waals surface area contributed by atoms with Crippen molar-refractivity contribution in [3.8, 4) is 34.2 Å². The summed E-state index contributed by atoms with van der Waals surface area (Å²) >= 11 is 1.87. The van der Waals surface area contributed by atoms with Crippen LogP contribution in [-0.2, 0) is 0 Å². The molecule has 4 nitrogen and oxygen atoms in total. The fourth-order valence-corrected chi connectivity index (χ4v) is 7.96. The van der Waals surface area contributed by atoms with Crippen molar-refractivity contribution in [1.82, 2.24) is 15.0 Å². The van der Waals surface area contributed by atoms with E-state index in [4.69, 9.17) is 19.4 Å². The van der Waals surface area contributed by atoms with Crippen molar-refractivity contribution in [2.75, 3.05) is 0 Å². The van der Waals surface area contributed by atoms with E-state index >= 15 is 0 Å². The third-order valence-corrected chi connectivity index (χ3v) is 10.1. The number of benzene rings is 7. The molecule has 3 aromatic heterocycles. The maximum atomic E-state index is 6.09. The highest BCUT2D eigenvalue weighted by Gasteiger charge is 2.16. The molecule has 0 atom stereocenters. The topological polar surface area (TPSA) is 51.8 Å². The second kappa shape index (κ2) is 9.80. The molecule has 46 heavy (non-hydrogen) atoms. The second-order valence-electron chi connectivity index (χ2n) is 11.6. The summed E-state index contributed by atoms with van der Waals surface area (Å²) in [5.74, 6) is 1.91. The first kappa shape index (κ1) is 25.4. The van der Waals surface area contributed by atoms with Gasteiger partial charge in [0.15, 0.2) is 17.5 Å². The third kappa shape index (κ3) is 3.89. The molecule has 0 aliphatic heterocycles. The van der Waals surface area contributed by atoms with Gasteiger partial charge in [0.1, 0.15) is 11.2 Å². The van der Waals surface area contributed by atoms with Gasteiger partial charge >= 0.3 is 0 Å². The molecule has 10 rings (SSSR count). The summed E-state index contributed by atoms with van der Waals surface area (Å²) in [5.41, 5.74) is 4.52. The molecule has 0 aliphatic rings. The first-order valence-electron chi connectivity index (χ1n) is 15.3. The molecule has 0 fully saturated rings. The van der Waals surface area contributed by atoms with Crippen LogP contribution in [0.25, 0.3) is 97.8 Å². The highest BCUT2D eigenvalue weighted by atomic mass is 32.1. The Hall–Kier alpha value is -5.91. The fourth-order valence-electron chi connectivity index (χ4n) is 6.68. The molecule has 3 heterocycles. The Morgan fingerprint density at radius 2 is 1.04 bits per heavy atom. The summed E-state index contributed by atoms with van der Waals surface area (Å²) in [4.78, 5) is 15.1. The van der Waals surface area contributed by atoms with Crippen LogP contribution < -0.4 is 0 Å². The SMILES string of the molecule is c1ccc(-c2nc(-c3ccc4c(ccc5ccc6c7ccccc7sc6c54)c3)nc(-c3ccc4oc5ccccc5c4c3)n2)cc1. The van der Waals surface area contributed by atoms with Crippen LogP contribution in [0.1, 0.15) is 0 Å². The molecule has 0 saturated heterocycles. The van der Waals surface area contributed by atoms with Gasteiger partial charge in [-0.3, -0.25) is 0 Å². The van der Waals surface area contributed by atoms with Crippen LogP contribution in [0, 0.1) is 0 Å². The van der Waals surface area contributed by atoms with Crippen LogP contribution in [0.5, 0.6) is 0 Å². The minimum Gasteiger partial charge on any atom is -0.456 e. The van der Waals surface area contributed by atoms with Crippen molar-refractivity contribution < 1.29 is 4.42 Å². The standard InChI is InChI=1S/C41H23N3OS/c1-2-8-25(9-3-1)39-42-40(44-41(43-39)28-18-21-35-33(23-28)30-10-4-6-12-34(30)45-35)27-17-19-29-26(22-27)15-14-24-16-20-32-31-11-5-7-13-36(31)46-38(32)37(24)29/h1-23H. The normalized spacial score (nSPS) is 11.9. The molecule has 0 spiro atoms. The van der Waals surface area contributed by atoms with Crippen LogP contribution in [0.15, 0.2) is 144 Å². The van der Waals surface area contributed by atoms with Gasteiger partial charge in [-0.2, -0.15) is 0 Å². The van der Waals surface area contributed by atoms with Crippen molar-refractivity contribution in [1.29, 1.82) is 0 Å². The summed E-state index contributed by atoms with van der Waals surface area (Å²) < 4.78 is 8.73. The Kier molecular flexibility index (Phi) is 5.41. The van der Waals surface area contributed by atoms with Crippen molar-refractivity contribution >= 4 is 75.0 Å². The lowest BCUT2D eigenvalue weighted by Crippen LogP contribution is -2.00. The predicted octanol–water partition coefficient (Wildman–Crippen LogP) is 11.4. The molecule has 0 bridgehead atoms. The second-order valence-corrected chi connectivity index (χ2v) is 12.7. The summed E-state index contributed by atoms with van der Waals surface area (Å²) in [7, 11) is 0. The number of aromatic nitrogens is 3. The van der Waals surface area contributed by atoms with E-state index in [9.17, 15) is 0 Å². The zero-order valence-corrected chi connectivity index (χ0v) is 25.3. The molecule has 10 aromatic rings. The van der Waals surface area contributed by atoms with Gasteiger partial charge in [0.2, 0.25) is 0 Å². The highest BCUT2D eigenvalue weighted by Crippen LogP contribution is 2.41. The smallest absolute Gasteiger partial charge is 0.164 e. The van der Waals surface area contributed by atoms with E-state index in [-0.39, 0.29) is 0 Å². The van der Waals surface area contributed by atoms with Gasteiger partial charge in [0, 0.05) is 53.0 Å². The molecule has 5 heteroatoms. The molecule has 0 radical (unpaired) electrons. The van der Waals surface area contributed by atoms with Crippen LogP contribution >= 0.6 is 11.3 Å². The van der Waals surface area contributed by atoms with E-state index in [1.165, 1.54) is 36.3 Å². The Labute approximate surface area is 267 Å². The number of nitrogens with zero attached hydrogens (tertiary/aromatic N) is 3. The number of rotatable bonds is 3. The summed E-state index contributed by atoms with van der Waals surface area (Å²) in [6.45, 7) is 0. The molecule has 0 unspecified atom stereocenters. The number of thiophene rings is 1. The van der Waals surface area contributed by atoms with Crippen molar-refractivity contribution in [2.24, 2.45) is 0 Å². The zero-order chi connectivity index (χ0) is 30.2. The van der Waals surface area contributed by atoms with Crippen molar-refractivity contribution in [3.05, 3.63) is 140 Å². The Morgan fingerprint density at radius 1 is 0.413 bits per heavy atom. The number of hydrogen-bond donors (Lipinski definition) is 0. The Bertz CT molecular complexity index is 2820. The lowest BCUT2D eigenvalue weighted by Gasteiger charge is -2.10. The van der Waals surface area contributed by atoms with Crippen molar-refractivity contribution in [3.63, 3.8) is 0 Å². The highest BCUT2D eigenvalue weighted by molar-refractivity contribution is 7.26. The molecule has 7 aromatic carbocycles. The van der Waals surface area contributed by atoms with Crippen LogP contribution in [0.4, 0.5) is 0 Å². The molecular formula is C41H23N3OS. The van der Waals surface area contributed by atoms with E-state index in [0.717, 1.165) is 44.0 Å². The lowest BCUT2D eigenvalue weighted by molar-refractivity contribution is 0.669. The van der Waals surface area contributed by atoms with Crippen molar-refractivity contribution in [2.45, 2.75) is 0 Å². The van der Waals surface area contributed by atoms with Gasteiger partial charge in [0.25, 0.3) is 0 Å². The minimum atomic E-state index is 0.627. The zero-order valence-electron chi connectivity index (χ0n) is 24.4. The van der Waals surface area contributed by atoms with E-state index < -0.39 is 0 Å². The average molecular weight is 606 g/mol. The summed E-state index contributed by atoms with van der Waals surface area (Å²) in [6, 6.07) is 48.6. The van der Waals surface area contributed by atoms with Crippen LogP contribution in [0.2, 0.25) is 0 Å². The predicted molar refractivity (Wildman–Crippen MR) is 191 cm³/mol. The Balaban J connectivity index is 1.18. The van der Waals surface area contributed by atoms with E-state index in [1.54, 1.807) is 0 Å².